The van der Waals surface area contributed by atoms with E-state index in [9.17, 15) is 9.59 Å². The number of unbranched alkanes of at least 4 members (excludes halogenated alkanes) is 7. The summed E-state index contributed by atoms with van der Waals surface area (Å²) in [6.07, 6.45) is 12.5. The van der Waals surface area contributed by atoms with Crippen molar-refractivity contribution in [3.05, 3.63) is 23.3 Å². The fourth-order valence-corrected chi connectivity index (χ4v) is 1.90. The fourth-order valence-electron chi connectivity index (χ4n) is 1.90. The lowest BCUT2D eigenvalue weighted by Crippen LogP contribution is -2.07. The van der Waals surface area contributed by atoms with Crippen LogP contribution in [-0.2, 0) is 14.3 Å². The van der Waals surface area contributed by atoms with Gasteiger partial charge in [0.05, 0.1) is 6.61 Å². The minimum Gasteiger partial charge on any atom is -0.478 e. The fraction of sp³-hybridized carbons (Fsp3) is 0.667. The van der Waals surface area contributed by atoms with Crippen LogP contribution in [0.3, 0.4) is 0 Å². The molecule has 0 bridgehead atoms. The van der Waals surface area contributed by atoms with E-state index >= 15 is 0 Å². The summed E-state index contributed by atoms with van der Waals surface area (Å²) in [7, 11) is 0. The molecule has 4 nitrogen and oxygen atoms in total. The van der Waals surface area contributed by atoms with Crippen LogP contribution in [0.2, 0.25) is 0 Å². The zero-order valence-corrected chi connectivity index (χ0v) is 14.2. The zero-order chi connectivity index (χ0) is 16.8. The van der Waals surface area contributed by atoms with E-state index in [4.69, 9.17) is 9.84 Å². The number of carbonyl (C=O) groups is 2. The molecule has 4 heteroatoms. The molecule has 0 aromatic rings. The standard InChI is InChI=1S/C18H30O4/c1-4-5-6-7-8-9-10-11-14-22-18(21)16(3)13-12-15(2)17(19)20/h12-13H,4-11,14H2,1-3H3,(H,19,20). The Kier molecular flexibility index (Phi) is 12.2. The first kappa shape index (κ1) is 20.4. The Morgan fingerprint density at radius 1 is 0.864 bits per heavy atom. The summed E-state index contributed by atoms with van der Waals surface area (Å²) in [5, 5.41) is 8.71. The first-order chi connectivity index (χ1) is 10.5. The molecule has 1 N–H and O–H groups in total. The molecule has 22 heavy (non-hydrogen) atoms. The second-order valence-corrected chi connectivity index (χ2v) is 5.62. The molecular weight excluding hydrogens is 280 g/mol. The maximum absolute atomic E-state index is 11.7. The highest BCUT2D eigenvalue weighted by molar-refractivity contribution is 5.89. The molecule has 0 aliphatic rings. The van der Waals surface area contributed by atoms with Crippen molar-refractivity contribution in [3.8, 4) is 0 Å². The quantitative estimate of drug-likeness (QED) is 0.247. The molecular formula is C18H30O4. The summed E-state index contributed by atoms with van der Waals surface area (Å²) in [4.78, 5) is 22.3. The van der Waals surface area contributed by atoms with E-state index in [1.807, 2.05) is 0 Å². The number of ether oxygens (including phenoxy) is 1. The van der Waals surface area contributed by atoms with Crippen molar-refractivity contribution in [2.24, 2.45) is 0 Å². The van der Waals surface area contributed by atoms with Crippen LogP contribution in [0.5, 0.6) is 0 Å². The normalized spacial score (nSPS) is 12.3. The van der Waals surface area contributed by atoms with Gasteiger partial charge in [0.25, 0.3) is 0 Å². The first-order valence-electron chi connectivity index (χ1n) is 8.24. The monoisotopic (exact) mass is 310 g/mol. The molecule has 0 aliphatic heterocycles. The number of carboxylic acids is 1. The summed E-state index contributed by atoms with van der Waals surface area (Å²) < 4.78 is 5.16. The van der Waals surface area contributed by atoms with Crippen LogP contribution < -0.4 is 0 Å². The van der Waals surface area contributed by atoms with E-state index in [2.05, 4.69) is 6.92 Å². The topological polar surface area (TPSA) is 63.6 Å². The number of carbonyl (C=O) groups excluding carboxylic acids is 1. The third-order valence-electron chi connectivity index (χ3n) is 3.47. The molecule has 0 heterocycles. The second-order valence-electron chi connectivity index (χ2n) is 5.62. The molecule has 0 saturated heterocycles. The highest BCUT2D eigenvalue weighted by Crippen LogP contribution is 2.09. The zero-order valence-electron chi connectivity index (χ0n) is 14.2. The largest absolute Gasteiger partial charge is 0.478 e. The maximum Gasteiger partial charge on any atom is 0.333 e. The van der Waals surface area contributed by atoms with E-state index in [0.717, 1.165) is 12.8 Å². The number of hydrogen-bond acceptors (Lipinski definition) is 3. The van der Waals surface area contributed by atoms with Gasteiger partial charge in [0.15, 0.2) is 0 Å². The third-order valence-corrected chi connectivity index (χ3v) is 3.47. The van der Waals surface area contributed by atoms with Crippen LogP contribution in [-0.4, -0.2) is 23.7 Å². The lowest BCUT2D eigenvalue weighted by atomic mass is 10.1. The summed E-state index contributed by atoms with van der Waals surface area (Å²) in [5.41, 5.74) is 0.607. The van der Waals surface area contributed by atoms with Crippen LogP contribution in [0.1, 0.15) is 72.1 Å². The van der Waals surface area contributed by atoms with Gasteiger partial charge in [-0.05, 0) is 20.3 Å². The molecule has 0 amide bonds. The van der Waals surface area contributed by atoms with Crippen molar-refractivity contribution in [1.29, 1.82) is 0 Å². The highest BCUT2D eigenvalue weighted by atomic mass is 16.5. The van der Waals surface area contributed by atoms with Gasteiger partial charge in [-0.3, -0.25) is 0 Å². The predicted molar refractivity (Wildman–Crippen MR) is 88.7 cm³/mol. The van der Waals surface area contributed by atoms with Gasteiger partial charge in [-0.25, -0.2) is 9.59 Å². The molecule has 0 aromatic carbocycles. The van der Waals surface area contributed by atoms with Gasteiger partial charge in [0, 0.05) is 11.1 Å². The maximum atomic E-state index is 11.7. The molecule has 0 saturated carbocycles. The summed E-state index contributed by atoms with van der Waals surface area (Å²) in [6, 6.07) is 0. The van der Waals surface area contributed by atoms with Crippen LogP contribution >= 0.6 is 0 Å². The average Bonchev–Trinajstić information content (AvgIpc) is 2.50. The number of allylic oxidation sites excluding steroid dienone is 2. The van der Waals surface area contributed by atoms with Gasteiger partial charge in [0.2, 0.25) is 0 Å². The molecule has 0 aliphatic carbocycles. The number of hydrogen-bond donors (Lipinski definition) is 1. The van der Waals surface area contributed by atoms with E-state index in [1.54, 1.807) is 6.92 Å². The third kappa shape index (κ3) is 11.1. The van der Waals surface area contributed by atoms with Crippen molar-refractivity contribution in [2.45, 2.75) is 72.1 Å². The van der Waals surface area contributed by atoms with Crippen molar-refractivity contribution in [3.63, 3.8) is 0 Å². The molecule has 126 valence electrons. The minimum absolute atomic E-state index is 0.190. The Hall–Kier alpha value is -1.58. The molecule has 0 rings (SSSR count). The number of aliphatic carboxylic acids is 1. The second kappa shape index (κ2) is 13.1. The molecule has 0 spiro atoms. The summed E-state index contributed by atoms with van der Waals surface area (Å²) in [5.74, 6) is -1.37. The predicted octanol–water partition coefficient (Wildman–Crippen LogP) is 4.65. The highest BCUT2D eigenvalue weighted by Gasteiger charge is 2.05. The summed E-state index contributed by atoms with van der Waals surface area (Å²) >= 11 is 0. The SMILES string of the molecule is CCCCCCCCCCOC(=O)C(C)=CC=C(C)C(=O)O. The van der Waals surface area contributed by atoms with Crippen LogP contribution in [0.15, 0.2) is 23.3 Å². The average molecular weight is 310 g/mol. The van der Waals surface area contributed by atoms with Crippen molar-refractivity contribution >= 4 is 11.9 Å². The van der Waals surface area contributed by atoms with Gasteiger partial charge >= 0.3 is 11.9 Å². The molecule has 0 atom stereocenters. The Labute approximate surface area is 134 Å². The van der Waals surface area contributed by atoms with E-state index in [-0.39, 0.29) is 11.5 Å². The van der Waals surface area contributed by atoms with Crippen LogP contribution in [0, 0.1) is 0 Å². The van der Waals surface area contributed by atoms with Gasteiger partial charge < -0.3 is 9.84 Å². The lowest BCUT2D eigenvalue weighted by molar-refractivity contribution is -0.139. The van der Waals surface area contributed by atoms with E-state index in [1.165, 1.54) is 57.6 Å². The minimum atomic E-state index is -0.989. The van der Waals surface area contributed by atoms with Crippen molar-refractivity contribution in [1.82, 2.24) is 0 Å². The van der Waals surface area contributed by atoms with Gasteiger partial charge in [-0.2, -0.15) is 0 Å². The Morgan fingerprint density at radius 3 is 1.91 bits per heavy atom. The summed E-state index contributed by atoms with van der Waals surface area (Å²) in [6.45, 7) is 5.75. The van der Waals surface area contributed by atoms with E-state index in [0.29, 0.717) is 12.2 Å². The van der Waals surface area contributed by atoms with Crippen molar-refractivity contribution in [2.75, 3.05) is 6.61 Å². The Balaban J connectivity index is 3.75. The van der Waals surface area contributed by atoms with E-state index < -0.39 is 5.97 Å². The van der Waals surface area contributed by atoms with Gasteiger partial charge in [-0.15, -0.1) is 0 Å². The Bertz CT molecular complexity index is 394. The van der Waals surface area contributed by atoms with Gasteiger partial charge in [-0.1, -0.05) is 64.0 Å². The van der Waals surface area contributed by atoms with Crippen LogP contribution in [0.25, 0.3) is 0 Å². The van der Waals surface area contributed by atoms with Crippen LogP contribution in [0.4, 0.5) is 0 Å². The lowest BCUT2D eigenvalue weighted by Gasteiger charge is -2.05. The molecule has 0 fully saturated rings. The number of esters is 1. The Morgan fingerprint density at radius 2 is 1.36 bits per heavy atom. The molecule has 0 aromatic heterocycles. The van der Waals surface area contributed by atoms with Gasteiger partial charge in [0.1, 0.15) is 0 Å². The molecule has 0 unspecified atom stereocenters. The smallest absolute Gasteiger partial charge is 0.333 e. The first-order valence-corrected chi connectivity index (χ1v) is 8.24. The van der Waals surface area contributed by atoms with Crippen molar-refractivity contribution < 1.29 is 19.4 Å². The molecule has 0 radical (unpaired) electrons. The number of rotatable bonds is 12. The number of carboxylic acid groups (broad SMARTS) is 1.